The van der Waals surface area contributed by atoms with E-state index in [1.54, 1.807) is 12.1 Å². The first-order valence-corrected chi connectivity index (χ1v) is 10.2. The fraction of sp³-hybridized carbons (Fsp3) is 0.478. The van der Waals surface area contributed by atoms with E-state index in [1.807, 2.05) is 38.1 Å². The average molecular weight is 380 g/mol. The van der Waals surface area contributed by atoms with Crippen LogP contribution in [0, 0.1) is 23.7 Å². The first-order chi connectivity index (χ1) is 13.6. The van der Waals surface area contributed by atoms with Crippen molar-refractivity contribution in [2.45, 2.75) is 45.3 Å². The third-order valence-electron chi connectivity index (χ3n) is 6.68. The number of esters is 2. The smallest absolute Gasteiger partial charge is 0.314 e. The van der Waals surface area contributed by atoms with Crippen LogP contribution in [0.1, 0.15) is 33.1 Å². The van der Waals surface area contributed by atoms with E-state index >= 15 is 0 Å². The fourth-order valence-corrected chi connectivity index (χ4v) is 4.86. The molecule has 6 unspecified atom stereocenters. The molecule has 0 aromatic heterocycles. The molecule has 3 fully saturated rings. The highest BCUT2D eigenvalue weighted by Crippen LogP contribution is 2.59. The van der Waals surface area contributed by atoms with Crippen LogP contribution < -0.4 is 9.47 Å². The van der Waals surface area contributed by atoms with Gasteiger partial charge in [0.15, 0.2) is 0 Å². The Labute approximate surface area is 164 Å². The van der Waals surface area contributed by atoms with E-state index in [-0.39, 0.29) is 29.9 Å². The van der Waals surface area contributed by atoms with Crippen molar-refractivity contribution >= 4 is 22.7 Å². The third-order valence-corrected chi connectivity index (χ3v) is 6.68. The van der Waals surface area contributed by atoms with E-state index in [4.69, 9.17) is 14.2 Å². The molecule has 2 saturated carbocycles. The van der Waals surface area contributed by atoms with E-state index in [2.05, 4.69) is 0 Å². The molecule has 0 N–H and O–H groups in total. The Morgan fingerprint density at radius 3 is 2.32 bits per heavy atom. The number of fused-ring (bicyclic) bond motifs is 6. The normalized spacial score (nSPS) is 30.7. The molecule has 1 aliphatic heterocycles. The lowest BCUT2D eigenvalue weighted by Gasteiger charge is -2.18. The molecule has 0 amide bonds. The topological polar surface area (TPSA) is 65.1 Å². The molecule has 2 bridgehead atoms. The maximum Gasteiger partial charge on any atom is 0.314 e. The number of rotatable bonds is 5. The Kier molecular flexibility index (Phi) is 4.16. The van der Waals surface area contributed by atoms with Gasteiger partial charge in [0.25, 0.3) is 0 Å². The lowest BCUT2D eigenvalue weighted by molar-refractivity contribution is -0.140. The minimum atomic E-state index is -0.252. The third kappa shape index (κ3) is 2.80. The predicted octanol–water partition coefficient (Wildman–Crippen LogP) is 4.12. The fourth-order valence-electron chi connectivity index (χ4n) is 4.86. The summed E-state index contributed by atoms with van der Waals surface area (Å²) in [6.07, 6.45) is 3.35. The van der Waals surface area contributed by atoms with E-state index in [9.17, 15) is 9.59 Å². The summed E-state index contributed by atoms with van der Waals surface area (Å²) in [5.41, 5.74) is 0. The van der Waals surface area contributed by atoms with Crippen LogP contribution in [-0.4, -0.2) is 24.1 Å². The molecule has 28 heavy (non-hydrogen) atoms. The van der Waals surface area contributed by atoms with Crippen molar-refractivity contribution in [1.29, 1.82) is 0 Å². The molecule has 2 aromatic rings. The Hall–Kier alpha value is -2.40. The van der Waals surface area contributed by atoms with Crippen LogP contribution in [0.3, 0.4) is 0 Å². The number of hydrogen-bond acceptors (Lipinski definition) is 5. The van der Waals surface area contributed by atoms with Gasteiger partial charge in [-0.1, -0.05) is 38.1 Å². The second-order valence-corrected chi connectivity index (χ2v) is 8.33. The maximum absolute atomic E-state index is 12.8. The highest BCUT2D eigenvalue weighted by molar-refractivity contribution is 5.96. The van der Waals surface area contributed by atoms with E-state index in [1.165, 1.54) is 0 Å². The molecule has 6 atom stereocenters. The van der Waals surface area contributed by atoms with Gasteiger partial charge < -0.3 is 14.2 Å². The molecular weight excluding hydrogens is 356 g/mol. The molecule has 2 aromatic carbocycles. The summed E-state index contributed by atoms with van der Waals surface area (Å²) in [6.45, 7) is 3.81. The highest BCUT2D eigenvalue weighted by Gasteiger charge is 2.65. The van der Waals surface area contributed by atoms with Crippen molar-refractivity contribution in [2.24, 2.45) is 23.7 Å². The molecule has 5 rings (SSSR count). The van der Waals surface area contributed by atoms with E-state index in [0.29, 0.717) is 29.4 Å². The van der Waals surface area contributed by atoms with Crippen LogP contribution >= 0.6 is 0 Å². The predicted molar refractivity (Wildman–Crippen MR) is 103 cm³/mol. The standard InChI is InChI=1S/C23H24O5/c1-3-12(2)22(24)26-18-8-4-7-15-14(18)6-5-9-19(15)27-23(25)17-11-13-10-16(17)21-20(13)28-21/h4-9,12-13,16-17,20-21H,3,10-11H2,1-2H3. The summed E-state index contributed by atoms with van der Waals surface area (Å²) in [5.74, 6) is 1.18. The zero-order valence-corrected chi connectivity index (χ0v) is 16.1. The summed E-state index contributed by atoms with van der Waals surface area (Å²) in [4.78, 5) is 25.1. The van der Waals surface area contributed by atoms with Gasteiger partial charge in [0.2, 0.25) is 0 Å². The van der Waals surface area contributed by atoms with Crippen LogP contribution in [0.5, 0.6) is 11.5 Å². The Balaban J connectivity index is 1.39. The number of benzene rings is 2. The number of carbonyl (C=O) groups is 2. The highest BCUT2D eigenvalue weighted by atomic mass is 16.6. The minimum absolute atomic E-state index is 0.0737. The van der Waals surface area contributed by atoms with Crippen LogP contribution in [0.15, 0.2) is 36.4 Å². The molecule has 1 heterocycles. The van der Waals surface area contributed by atoms with E-state index < -0.39 is 0 Å². The molecule has 1 saturated heterocycles. The summed E-state index contributed by atoms with van der Waals surface area (Å²) in [6, 6.07) is 11.0. The maximum atomic E-state index is 12.8. The molecule has 5 heteroatoms. The van der Waals surface area contributed by atoms with Gasteiger partial charge in [-0.15, -0.1) is 0 Å². The molecular formula is C23H24O5. The monoisotopic (exact) mass is 380 g/mol. The van der Waals surface area contributed by atoms with Crippen molar-refractivity contribution in [3.05, 3.63) is 36.4 Å². The second kappa shape index (κ2) is 6.59. The zero-order chi connectivity index (χ0) is 19.4. The molecule has 146 valence electrons. The largest absolute Gasteiger partial charge is 0.426 e. The van der Waals surface area contributed by atoms with Crippen LogP contribution in [0.2, 0.25) is 0 Å². The molecule has 2 aliphatic carbocycles. The van der Waals surface area contributed by atoms with Gasteiger partial charge in [-0.3, -0.25) is 9.59 Å². The minimum Gasteiger partial charge on any atom is -0.426 e. The zero-order valence-electron chi connectivity index (χ0n) is 16.1. The first-order valence-electron chi connectivity index (χ1n) is 10.2. The van der Waals surface area contributed by atoms with Gasteiger partial charge >= 0.3 is 11.9 Å². The van der Waals surface area contributed by atoms with Crippen molar-refractivity contribution in [2.75, 3.05) is 0 Å². The quantitative estimate of drug-likeness (QED) is 0.443. The van der Waals surface area contributed by atoms with Gasteiger partial charge in [-0.25, -0.2) is 0 Å². The Morgan fingerprint density at radius 1 is 1.04 bits per heavy atom. The molecule has 0 spiro atoms. The first kappa shape index (κ1) is 17.7. The summed E-state index contributed by atoms with van der Waals surface area (Å²) in [7, 11) is 0. The number of epoxide rings is 1. The summed E-state index contributed by atoms with van der Waals surface area (Å²) in [5, 5.41) is 1.54. The second-order valence-electron chi connectivity index (χ2n) is 8.33. The van der Waals surface area contributed by atoms with Gasteiger partial charge in [0.05, 0.1) is 24.0 Å². The molecule has 0 radical (unpaired) electrons. The summed E-state index contributed by atoms with van der Waals surface area (Å²) < 4.78 is 17.1. The lowest BCUT2D eigenvalue weighted by Crippen LogP contribution is -2.29. The SMILES string of the molecule is CCC(C)C(=O)Oc1cccc2c(OC(=O)C3CC4CC3C3OC43)cccc12. The Bertz CT molecular complexity index is 951. The molecule has 3 aliphatic rings. The number of ether oxygens (including phenoxy) is 3. The van der Waals surface area contributed by atoms with Crippen LogP contribution in [-0.2, 0) is 14.3 Å². The molecule has 5 nitrogen and oxygen atoms in total. The van der Waals surface area contributed by atoms with Crippen molar-refractivity contribution in [3.63, 3.8) is 0 Å². The average Bonchev–Trinajstić information content (AvgIpc) is 3.31. The number of hydrogen-bond donors (Lipinski definition) is 0. The Morgan fingerprint density at radius 2 is 1.71 bits per heavy atom. The lowest BCUT2D eigenvalue weighted by atomic mass is 9.89. The van der Waals surface area contributed by atoms with Crippen LogP contribution in [0.25, 0.3) is 10.8 Å². The van der Waals surface area contributed by atoms with Crippen molar-refractivity contribution in [1.82, 2.24) is 0 Å². The van der Waals surface area contributed by atoms with Gasteiger partial charge in [-0.05, 0) is 37.3 Å². The van der Waals surface area contributed by atoms with Gasteiger partial charge in [0, 0.05) is 16.7 Å². The van der Waals surface area contributed by atoms with Gasteiger partial charge in [0.1, 0.15) is 11.5 Å². The van der Waals surface area contributed by atoms with Crippen molar-refractivity contribution in [3.8, 4) is 11.5 Å². The number of carbonyl (C=O) groups excluding carboxylic acids is 2. The van der Waals surface area contributed by atoms with Crippen molar-refractivity contribution < 1.29 is 23.8 Å². The van der Waals surface area contributed by atoms with E-state index in [0.717, 1.165) is 30.0 Å². The summed E-state index contributed by atoms with van der Waals surface area (Å²) >= 11 is 0. The van der Waals surface area contributed by atoms with Crippen LogP contribution in [0.4, 0.5) is 0 Å². The van der Waals surface area contributed by atoms with Gasteiger partial charge in [-0.2, -0.15) is 0 Å².